The van der Waals surface area contributed by atoms with Gasteiger partial charge in [0.25, 0.3) is 0 Å². The molecule has 3 aromatic rings. The number of aromatic amines is 1. The zero-order valence-electron chi connectivity index (χ0n) is 19.9. The third kappa shape index (κ3) is 4.91. The fourth-order valence-electron chi connectivity index (χ4n) is 4.43. The second-order valence-corrected chi connectivity index (χ2v) is 11.1. The summed E-state index contributed by atoms with van der Waals surface area (Å²) >= 11 is 0. The van der Waals surface area contributed by atoms with Gasteiger partial charge in [-0.1, -0.05) is 25.6 Å². The predicted molar refractivity (Wildman–Crippen MR) is 140 cm³/mol. The molecule has 1 aliphatic rings. The van der Waals surface area contributed by atoms with E-state index in [-0.39, 0.29) is 5.75 Å². The van der Waals surface area contributed by atoms with E-state index in [1.165, 1.54) is 0 Å². The van der Waals surface area contributed by atoms with Crippen LogP contribution in [0.5, 0.6) is 5.75 Å². The van der Waals surface area contributed by atoms with Gasteiger partial charge in [0.1, 0.15) is 5.75 Å². The molecule has 0 atom stereocenters. The Kier molecular flexibility index (Phi) is 7.14. The third-order valence-electron chi connectivity index (χ3n) is 6.49. The Morgan fingerprint density at radius 1 is 1.24 bits per heavy atom. The Labute approximate surface area is 201 Å². The number of nitrogens with one attached hydrogen (secondary N) is 2. The number of sulfone groups is 1. The standard InChI is InChI=1S/C27H33N3O3S/c1-4-34(31,32)22-7-5-6-21(15-22)23-8-9-25(33-17-20-10-12-29-13-11-20)27-26(23)24(19(3)30-27)14-18(2)16-28/h5-9,14-16,20,29-30H,3-4,10-13,17,28H2,1-2H3/b18-16-,24-14+. The number of H-pyrrole nitrogens is 1. The molecule has 4 rings (SSSR count). The van der Waals surface area contributed by atoms with Crippen molar-refractivity contribution in [2.24, 2.45) is 11.7 Å². The van der Waals surface area contributed by atoms with Gasteiger partial charge in [0.05, 0.1) is 22.8 Å². The molecule has 0 radical (unpaired) electrons. The Bertz CT molecular complexity index is 1430. The smallest absolute Gasteiger partial charge is 0.178 e. The summed E-state index contributed by atoms with van der Waals surface area (Å²) in [4.78, 5) is 3.73. The molecule has 6 nitrogen and oxygen atoms in total. The molecule has 2 aromatic carbocycles. The molecule has 1 saturated heterocycles. The maximum absolute atomic E-state index is 12.5. The van der Waals surface area contributed by atoms with Gasteiger partial charge in [0.2, 0.25) is 0 Å². The van der Waals surface area contributed by atoms with Gasteiger partial charge in [-0.15, -0.1) is 0 Å². The number of aromatic nitrogens is 1. The molecule has 1 aromatic heterocycles. The van der Waals surface area contributed by atoms with Crippen LogP contribution in [0.4, 0.5) is 0 Å². The summed E-state index contributed by atoms with van der Waals surface area (Å²) in [5.41, 5.74) is 9.26. The minimum atomic E-state index is -3.32. The predicted octanol–water partition coefficient (Wildman–Crippen LogP) is 3.06. The van der Waals surface area contributed by atoms with Gasteiger partial charge in [0, 0.05) is 16.0 Å². The van der Waals surface area contributed by atoms with Gasteiger partial charge in [-0.25, -0.2) is 8.42 Å². The van der Waals surface area contributed by atoms with E-state index in [2.05, 4.69) is 16.9 Å². The molecule has 0 aliphatic carbocycles. The van der Waals surface area contributed by atoms with Crippen LogP contribution in [0.15, 0.2) is 53.1 Å². The summed E-state index contributed by atoms with van der Waals surface area (Å²) in [5, 5.41) is 6.01. The van der Waals surface area contributed by atoms with Crippen molar-refractivity contribution in [2.75, 3.05) is 25.4 Å². The normalized spacial score (nSPS) is 16.3. The average Bonchev–Trinajstić information content (AvgIpc) is 3.19. The number of fused-ring (bicyclic) bond motifs is 1. The zero-order valence-corrected chi connectivity index (χ0v) is 20.7. The minimum Gasteiger partial charge on any atom is -0.491 e. The molecule has 1 aliphatic heterocycles. The fraction of sp³-hybridized carbons (Fsp3) is 0.333. The summed E-state index contributed by atoms with van der Waals surface area (Å²) < 4.78 is 31.4. The number of piperidine rings is 1. The number of ether oxygens (including phenoxy) is 1. The van der Waals surface area contributed by atoms with Crippen molar-refractivity contribution in [1.82, 2.24) is 10.3 Å². The first-order valence-corrected chi connectivity index (χ1v) is 13.4. The molecule has 0 bridgehead atoms. The minimum absolute atomic E-state index is 0.0576. The third-order valence-corrected chi connectivity index (χ3v) is 8.22. The highest BCUT2D eigenvalue weighted by atomic mass is 32.2. The largest absolute Gasteiger partial charge is 0.491 e. The highest BCUT2D eigenvalue weighted by Crippen LogP contribution is 2.33. The molecule has 180 valence electrons. The Balaban J connectivity index is 1.88. The lowest BCUT2D eigenvalue weighted by Gasteiger charge is -2.23. The van der Waals surface area contributed by atoms with Crippen molar-refractivity contribution < 1.29 is 13.2 Å². The molecule has 0 amide bonds. The van der Waals surface area contributed by atoms with Crippen molar-refractivity contribution in [3.63, 3.8) is 0 Å². The number of hydrogen-bond acceptors (Lipinski definition) is 5. The van der Waals surface area contributed by atoms with Gasteiger partial charge in [-0.3, -0.25) is 0 Å². The maximum Gasteiger partial charge on any atom is 0.178 e. The summed E-state index contributed by atoms with van der Waals surface area (Å²) in [6.45, 7) is 10.5. The van der Waals surface area contributed by atoms with Crippen LogP contribution in [0, 0.1) is 5.92 Å². The molecule has 2 heterocycles. The van der Waals surface area contributed by atoms with E-state index in [0.717, 1.165) is 69.9 Å². The van der Waals surface area contributed by atoms with Crippen LogP contribution in [0.3, 0.4) is 0 Å². The Hall–Kier alpha value is -3.03. The van der Waals surface area contributed by atoms with E-state index in [4.69, 9.17) is 10.5 Å². The fourth-order valence-corrected chi connectivity index (χ4v) is 5.36. The van der Waals surface area contributed by atoms with Gasteiger partial charge in [-0.2, -0.15) is 0 Å². The van der Waals surface area contributed by atoms with Crippen LogP contribution in [0.2, 0.25) is 0 Å². The number of hydrogen-bond donors (Lipinski definition) is 3. The maximum atomic E-state index is 12.5. The average molecular weight is 480 g/mol. The van der Waals surface area contributed by atoms with Crippen molar-refractivity contribution in [3.05, 3.63) is 58.7 Å². The summed E-state index contributed by atoms with van der Waals surface area (Å²) in [5.74, 6) is 1.35. The number of allylic oxidation sites excluding steroid dienone is 1. The molecule has 0 spiro atoms. The van der Waals surface area contributed by atoms with E-state index >= 15 is 0 Å². The lowest BCUT2D eigenvalue weighted by atomic mass is 9.98. The highest BCUT2D eigenvalue weighted by molar-refractivity contribution is 7.91. The number of rotatable bonds is 7. The van der Waals surface area contributed by atoms with Gasteiger partial charge < -0.3 is 20.8 Å². The number of nitrogens with two attached hydrogens (primary N) is 1. The Morgan fingerprint density at radius 2 is 2.00 bits per heavy atom. The van der Waals surface area contributed by atoms with E-state index in [0.29, 0.717) is 17.4 Å². The second kappa shape index (κ2) is 10.1. The highest BCUT2D eigenvalue weighted by Gasteiger charge is 2.18. The molecule has 1 fully saturated rings. The second-order valence-electron chi connectivity index (χ2n) is 8.87. The van der Waals surface area contributed by atoms with Crippen LogP contribution < -0.4 is 26.4 Å². The lowest BCUT2D eigenvalue weighted by molar-refractivity contribution is 0.217. The molecule has 34 heavy (non-hydrogen) atoms. The first-order chi connectivity index (χ1) is 16.3. The lowest BCUT2D eigenvalue weighted by Crippen LogP contribution is -2.30. The van der Waals surface area contributed by atoms with E-state index in [1.807, 2.05) is 31.2 Å². The number of benzene rings is 2. The van der Waals surface area contributed by atoms with Gasteiger partial charge in [-0.05, 0) is 92.0 Å². The van der Waals surface area contributed by atoms with Crippen molar-refractivity contribution in [2.45, 2.75) is 31.6 Å². The van der Waals surface area contributed by atoms with Gasteiger partial charge >= 0.3 is 0 Å². The first-order valence-electron chi connectivity index (χ1n) is 11.7. The molecular formula is C27H33N3O3S. The quantitative estimate of drug-likeness (QED) is 0.484. The summed E-state index contributed by atoms with van der Waals surface area (Å²) in [6, 6.07) is 11.1. The zero-order chi connectivity index (χ0) is 24.3. The van der Waals surface area contributed by atoms with E-state index in [1.54, 1.807) is 31.3 Å². The Morgan fingerprint density at radius 3 is 2.71 bits per heavy atom. The van der Waals surface area contributed by atoms with Crippen LogP contribution >= 0.6 is 0 Å². The molecular weight excluding hydrogens is 446 g/mol. The first kappa shape index (κ1) is 24.1. The van der Waals surface area contributed by atoms with E-state index < -0.39 is 9.84 Å². The van der Waals surface area contributed by atoms with Crippen LogP contribution in [-0.4, -0.2) is 38.9 Å². The molecule has 4 N–H and O–H groups in total. The summed E-state index contributed by atoms with van der Waals surface area (Å²) in [6.07, 6.45) is 5.76. The molecule has 7 heteroatoms. The van der Waals surface area contributed by atoms with Crippen LogP contribution in [0.25, 0.3) is 34.7 Å². The van der Waals surface area contributed by atoms with Crippen molar-refractivity contribution in [1.29, 1.82) is 0 Å². The molecule has 0 saturated carbocycles. The van der Waals surface area contributed by atoms with Crippen LogP contribution in [0.1, 0.15) is 26.7 Å². The van der Waals surface area contributed by atoms with Gasteiger partial charge in [0.15, 0.2) is 9.84 Å². The summed E-state index contributed by atoms with van der Waals surface area (Å²) in [7, 11) is -3.32. The van der Waals surface area contributed by atoms with E-state index in [9.17, 15) is 8.42 Å². The van der Waals surface area contributed by atoms with Crippen LogP contribution in [-0.2, 0) is 9.84 Å². The van der Waals surface area contributed by atoms with Crippen molar-refractivity contribution in [3.8, 4) is 16.9 Å². The van der Waals surface area contributed by atoms with Crippen molar-refractivity contribution >= 4 is 33.4 Å². The SMILES string of the molecule is C=c1[nH]c2c(OCC3CCNCC3)ccc(-c3cccc(S(=O)(=O)CC)c3)c2/c1=C/C(C)=C\N. The molecule has 0 unspecified atom stereocenters. The monoisotopic (exact) mass is 479 g/mol. The topological polar surface area (TPSA) is 97.2 Å².